The van der Waals surface area contributed by atoms with E-state index in [-0.39, 0.29) is 11.5 Å². The van der Waals surface area contributed by atoms with Gasteiger partial charge in [0, 0.05) is 10.9 Å². The fourth-order valence-corrected chi connectivity index (χ4v) is 4.52. The normalized spacial score (nSPS) is 11.5. The number of aromatic hydroxyl groups is 2. The molecule has 32 heavy (non-hydrogen) atoms. The van der Waals surface area contributed by atoms with Crippen LogP contribution in [-0.2, 0) is 6.54 Å². The smallest absolute Gasteiger partial charge is 0.145 e. The number of phenols is 2. The molecular formula is C28H20N2O2. The Bertz CT molecular complexity index is 1630. The van der Waals surface area contributed by atoms with Gasteiger partial charge in [0.2, 0.25) is 0 Å². The molecular weight excluding hydrogens is 396 g/mol. The maximum absolute atomic E-state index is 11.0. The molecule has 0 bridgehead atoms. The van der Waals surface area contributed by atoms with Gasteiger partial charge in [0.1, 0.15) is 17.3 Å². The van der Waals surface area contributed by atoms with Crippen LogP contribution in [0.25, 0.3) is 44.0 Å². The number of phenolic OH excluding ortho intramolecular Hbond substituents is 2. The van der Waals surface area contributed by atoms with Crippen LogP contribution in [-0.4, -0.2) is 19.8 Å². The zero-order valence-electron chi connectivity index (χ0n) is 17.2. The molecule has 6 aromatic rings. The predicted octanol–water partition coefficient (Wildman–Crippen LogP) is 6.47. The Morgan fingerprint density at radius 1 is 0.656 bits per heavy atom. The lowest BCUT2D eigenvalue weighted by Crippen LogP contribution is -2.03. The van der Waals surface area contributed by atoms with E-state index in [1.54, 1.807) is 6.07 Å². The number of rotatable bonds is 3. The van der Waals surface area contributed by atoms with Gasteiger partial charge < -0.3 is 14.8 Å². The van der Waals surface area contributed by atoms with Gasteiger partial charge in [-0.3, -0.25) is 0 Å². The van der Waals surface area contributed by atoms with Crippen molar-refractivity contribution in [2.75, 3.05) is 0 Å². The van der Waals surface area contributed by atoms with Gasteiger partial charge in [0.05, 0.1) is 23.1 Å². The lowest BCUT2D eigenvalue weighted by atomic mass is 10.0. The summed E-state index contributed by atoms with van der Waals surface area (Å²) in [6.07, 6.45) is 0. The molecule has 0 radical (unpaired) electrons. The van der Waals surface area contributed by atoms with Crippen molar-refractivity contribution < 1.29 is 10.2 Å². The molecule has 0 unspecified atom stereocenters. The van der Waals surface area contributed by atoms with Crippen molar-refractivity contribution in [2.45, 2.75) is 6.54 Å². The first-order valence-corrected chi connectivity index (χ1v) is 10.6. The summed E-state index contributed by atoms with van der Waals surface area (Å²) in [4.78, 5) is 4.90. The van der Waals surface area contributed by atoms with E-state index < -0.39 is 0 Å². The third-order valence-corrected chi connectivity index (χ3v) is 6.10. The summed E-state index contributed by atoms with van der Waals surface area (Å²) >= 11 is 0. The first-order valence-electron chi connectivity index (χ1n) is 10.6. The second-order valence-electron chi connectivity index (χ2n) is 7.99. The molecule has 0 saturated heterocycles. The molecule has 4 nitrogen and oxygen atoms in total. The van der Waals surface area contributed by atoms with Gasteiger partial charge in [0.15, 0.2) is 0 Å². The van der Waals surface area contributed by atoms with Crippen LogP contribution < -0.4 is 0 Å². The lowest BCUT2D eigenvalue weighted by Gasteiger charge is -2.14. The zero-order chi connectivity index (χ0) is 21.7. The molecule has 0 saturated carbocycles. The lowest BCUT2D eigenvalue weighted by molar-refractivity contribution is 0.472. The Hall–Kier alpha value is -4.31. The SMILES string of the molecule is Oc1ccc2ccccc2c1-c1nc2ccccc2n1Cc1ccc2ccccc2c1O. The molecule has 6 rings (SSSR count). The molecule has 0 aliphatic carbocycles. The minimum Gasteiger partial charge on any atom is -0.507 e. The number of benzene rings is 5. The zero-order valence-corrected chi connectivity index (χ0v) is 17.2. The standard InChI is InChI=1S/C28H20N2O2/c31-25-16-15-18-7-1-3-9-21(18)26(25)28-29-23-11-5-6-12-24(23)30(28)17-20-14-13-19-8-2-4-10-22(19)27(20)32/h1-16,31-32H,17H2. The van der Waals surface area contributed by atoms with Gasteiger partial charge in [-0.1, -0.05) is 78.9 Å². The highest BCUT2D eigenvalue weighted by atomic mass is 16.3. The fourth-order valence-electron chi connectivity index (χ4n) is 4.52. The number of nitrogens with zero attached hydrogens (tertiary/aromatic N) is 2. The molecule has 0 fully saturated rings. The van der Waals surface area contributed by atoms with Crippen LogP contribution in [0.15, 0.2) is 97.1 Å². The molecule has 1 heterocycles. The van der Waals surface area contributed by atoms with Crippen molar-refractivity contribution in [1.29, 1.82) is 0 Å². The second-order valence-corrected chi connectivity index (χ2v) is 7.99. The van der Waals surface area contributed by atoms with Crippen LogP contribution in [0.3, 0.4) is 0 Å². The van der Waals surface area contributed by atoms with Gasteiger partial charge in [0.25, 0.3) is 0 Å². The summed E-state index contributed by atoms with van der Waals surface area (Å²) < 4.78 is 2.07. The molecule has 1 aromatic heterocycles. The molecule has 0 spiro atoms. The molecule has 154 valence electrons. The van der Waals surface area contributed by atoms with E-state index in [2.05, 4.69) is 4.57 Å². The van der Waals surface area contributed by atoms with Crippen molar-refractivity contribution in [3.63, 3.8) is 0 Å². The number of para-hydroxylation sites is 2. The van der Waals surface area contributed by atoms with E-state index in [0.29, 0.717) is 17.9 Å². The largest absolute Gasteiger partial charge is 0.507 e. The quantitative estimate of drug-likeness (QED) is 0.348. The molecule has 4 heteroatoms. The number of hydrogen-bond acceptors (Lipinski definition) is 3. The summed E-state index contributed by atoms with van der Waals surface area (Å²) in [5, 5.41) is 25.7. The monoisotopic (exact) mass is 416 g/mol. The predicted molar refractivity (Wildman–Crippen MR) is 129 cm³/mol. The first kappa shape index (κ1) is 18.5. The average molecular weight is 416 g/mol. The van der Waals surface area contributed by atoms with E-state index in [4.69, 9.17) is 4.98 Å². The number of imidazole rings is 1. The number of fused-ring (bicyclic) bond motifs is 3. The molecule has 0 amide bonds. The third-order valence-electron chi connectivity index (χ3n) is 6.10. The molecule has 5 aromatic carbocycles. The van der Waals surface area contributed by atoms with E-state index in [9.17, 15) is 10.2 Å². The maximum atomic E-state index is 11.0. The van der Waals surface area contributed by atoms with Crippen molar-refractivity contribution >= 4 is 32.6 Å². The Morgan fingerprint density at radius 2 is 1.31 bits per heavy atom. The van der Waals surface area contributed by atoms with Crippen LogP contribution in [0, 0.1) is 0 Å². The van der Waals surface area contributed by atoms with Crippen LogP contribution in [0.4, 0.5) is 0 Å². The molecule has 0 aliphatic rings. The maximum Gasteiger partial charge on any atom is 0.145 e. The average Bonchev–Trinajstić information content (AvgIpc) is 3.19. The van der Waals surface area contributed by atoms with E-state index in [0.717, 1.165) is 38.1 Å². The minimum absolute atomic E-state index is 0.183. The van der Waals surface area contributed by atoms with Gasteiger partial charge in [-0.15, -0.1) is 0 Å². The second kappa shape index (κ2) is 7.13. The fraction of sp³-hybridized carbons (Fsp3) is 0.0357. The highest BCUT2D eigenvalue weighted by molar-refractivity contribution is 5.99. The third kappa shape index (κ3) is 2.81. The molecule has 2 N–H and O–H groups in total. The van der Waals surface area contributed by atoms with Crippen LogP contribution >= 0.6 is 0 Å². The van der Waals surface area contributed by atoms with E-state index in [1.807, 2.05) is 91.0 Å². The highest BCUT2D eigenvalue weighted by Crippen LogP contribution is 2.38. The van der Waals surface area contributed by atoms with Crippen molar-refractivity contribution in [1.82, 2.24) is 9.55 Å². The first-order chi connectivity index (χ1) is 15.7. The van der Waals surface area contributed by atoms with Crippen molar-refractivity contribution in [3.05, 3.63) is 103 Å². The van der Waals surface area contributed by atoms with E-state index in [1.165, 1.54) is 0 Å². The van der Waals surface area contributed by atoms with Gasteiger partial charge in [-0.05, 0) is 34.4 Å². The molecule has 0 atom stereocenters. The summed E-state index contributed by atoms with van der Waals surface area (Å²) in [6, 6.07) is 31.3. The van der Waals surface area contributed by atoms with E-state index >= 15 is 0 Å². The minimum atomic E-state index is 0.183. The summed E-state index contributed by atoms with van der Waals surface area (Å²) in [5.74, 6) is 1.13. The summed E-state index contributed by atoms with van der Waals surface area (Å²) in [6.45, 7) is 0.426. The highest BCUT2D eigenvalue weighted by Gasteiger charge is 2.19. The Balaban J connectivity index is 1.62. The molecule has 0 aliphatic heterocycles. The van der Waals surface area contributed by atoms with Crippen LogP contribution in [0.2, 0.25) is 0 Å². The van der Waals surface area contributed by atoms with Gasteiger partial charge in [-0.25, -0.2) is 4.98 Å². The topological polar surface area (TPSA) is 58.3 Å². The van der Waals surface area contributed by atoms with Crippen molar-refractivity contribution in [3.8, 4) is 22.9 Å². The van der Waals surface area contributed by atoms with Gasteiger partial charge in [-0.2, -0.15) is 0 Å². The Labute approximate surface area is 184 Å². The summed E-state index contributed by atoms with van der Waals surface area (Å²) in [5.41, 5.74) is 3.28. The van der Waals surface area contributed by atoms with Gasteiger partial charge >= 0.3 is 0 Å². The van der Waals surface area contributed by atoms with Crippen LogP contribution in [0.5, 0.6) is 11.5 Å². The summed E-state index contributed by atoms with van der Waals surface area (Å²) in [7, 11) is 0. The Kier molecular flexibility index (Phi) is 4.12. The Morgan fingerprint density at radius 3 is 2.16 bits per heavy atom. The van der Waals surface area contributed by atoms with Crippen molar-refractivity contribution in [2.24, 2.45) is 0 Å². The number of hydrogen-bond donors (Lipinski definition) is 2. The van der Waals surface area contributed by atoms with Crippen LogP contribution in [0.1, 0.15) is 5.56 Å². The number of aromatic nitrogens is 2.